The molecule has 27 heavy (non-hydrogen) atoms. The number of aromatic amines is 1. The van der Waals surface area contributed by atoms with Crippen molar-refractivity contribution in [2.24, 2.45) is 0 Å². The van der Waals surface area contributed by atoms with Crippen LogP contribution in [-0.4, -0.2) is 39.6 Å². The molecule has 4 nitrogen and oxygen atoms in total. The molecule has 0 atom stereocenters. The summed E-state index contributed by atoms with van der Waals surface area (Å²) in [4.78, 5) is 17.8. The van der Waals surface area contributed by atoms with Gasteiger partial charge in [-0.2, -0.15) is 0 Å². The molecule has 1 aliphatic rings. The van der Waals surface area contributed by atoms with Crippen LogP contribution in [0.3, 0.4) is 0 Å². The van der Waals surface area contributed by atoms with Crippen LogP contribution < -0.4 is 0 Å². The monoisotopic (exact) mass is 362 g/mol. The minimum Gasteiger partial charge on any atom is -0.389 e. The van der Waals surface area contributed by atoms with Gasteiger partial charge in [0.2, 0.25) is 5.91 Å². The van der Waals surface area contributed by atoms with Crippen LogP contribution in [-0.2, 0) is 17.6 Å². The number of fused-ring (bicyclic) bond motifs is 1. The summed E-state index contributed by atoms with van der Waals surface area (Å²) in [6.45, 7) is 1.27. The van der Waals surface area contributed by atoms with E-state index in [2.05, 4.69) is 29.2 Å². The van der Waals surface area contributed by atoms with E-state index in [-0.39, 0.29) is 5.91 Å². The second-order valence-electron chi connectivity index (χ2n) is 7.63. The van der Waals surface area contributed by atoms with Gasteiger partial charge in [0.15, 0.2) is 0 Å². The van der Waals surface area contributed by atoms with E-state index in [1.54, 1.807) is 0 Å². The van der Waals surface area contributed by atoms with Crippen molar-refractivity contribution in [1.82, 2.24) is 9.88 Å². The third kappa shape index (κ3) is 4.06. The molecule has 1 fully saturated rings. The number of nitrogens with zero attached hydrogens (tertiary/aromatic N) is 1. The van der Waals surface area contributed by atoms with Crippen molar-refractivity contribution in [3.05, 3.63) is 71.9 Å². The first-order valence-corrected chi connectivity index (χ1v) is 9.72. The van der Waals surface area contributed by atoms with E-state index in [0.29, 0.717) is 38.8 Å². The highest BCUT2D eigenvalue weighted by molar-refractivity contribution is 5.84. The van der Waals surface area contributed by atoms with Crippen LogP contribution >= 0.6 is 0 Å². The summed E-state index contributed by atoms with van der Waals surface area (Å²) in [5.41, 5.74) is 2.76. The van der Waals surface area contributed by atoms with Crippen molar-refractivity contribution in [3.63, 3.8) is 0 Å². The third-order valence-corrected chi connectivity index (χ3v) is 5.71. The Kier molecular flexibility index (Phi) is 4.99. The number of likely N-dealkylation sites (tertiary alicyclic amines) is 1. The van der Waals surface area contributed by atoms with Crippen LogP contribution in [0.4, 0.5) is 0 Å². The van der Waals surface area contributed by atoms with Crippen molar-refractivity contribution in [2.75, 3.05) is 13.1 Å². The molecule has 1 saturated heterocycles. The third-order valence-electron chi connectivity index (χ3n) is 5.71. The fraction of sp³-hybridized carbons (Fsp3) is 0.348. The van der Waals surface area contributed by atoms with Gasteiger partial charge in [-0.3, -0.25) is 4.79 Å². The van der Waals surface area contributed by atoms with E-state index in [9.17, 15) is 9.90 Å². The molecule has 2 heterocycles. The molecule has 140 valence electrons. The van der Waals surface area contributed by atoms with Gasteiger partial charge in [-0.1, -0.05) is 48.5 Å². The molecular weight excluding hydrogens is 336 g/mol. The van der Waals surface area contributed by atoms with Crippen LogP contribution in [0, 0.1) is 0 Å². The van der Waals surface area contributed by atoms with Crippen molar-refractivity contribution >= 4 is 16.8 Å². The first-order chi connectivity index (χ1) is 13.1. The molecule has 2 aromatic carbocycles. The lowest BCUT2D eigenvalue weighted by Gasteiger charge is -2.38. The largest absolute Gasteiger partial charge is 0.389 e. The summed E-state index contributed by atoms with van der Waals surface area (Å²) in [5, 5.41) is 12.1. The zero-order valence-corrected chi connectivity index (χ0v) is 15.5. The van der Waals surface area contributed by atoms with Crippen LogP contribution in [0.25, 0.3) is 10.9 Å². The molecule has 1 aliphatic heterocycles. The lowest BCUT2D eigenvalue weighted by molar-refractivity contribution is -0.135. The molecule has 4 heteroatoms. The summed E-state index contributed by atoms with van der Waals surface area (Å²) in [5.74, 6) is 0.182. The summed E-state index contributed by atoms with van der Waals surface area (Å²) in [6, 6.07) is 18.3. The zero-order valence-electron chi connectivity index (χ0n) is 15.5. The first-order valence-electron chi connectivity index (χ1n) is 9.72. The van der Waals surface area contributed by atoms with Gasteiger partial charge < -0.3 is 15.0 Å². The molecule has 0 aliphatic carbocycles. The zero-order chi connectivity index (χ0) is 18.7. The summed E-state index contributed by atoms with van der Waals surface area (Å²) in [6.07, 6.45) is 5.20. The molecule has 1 amide bonds. The standard InChI is InChI=1S/C23H26N2O2/c26-22(11-10-19-17-24-21-9-5-4-8-20(19)21)25-14-12-23(27,13-15-25)16-18-6-2-1-3-7-18/h1-9,17,24,27H,10-16H2. The number of aromatic nitrogens is 1. The van der Waals surface area contributed by atoms with Gasteiger partial charge in [-0.25, -0.2) is 0 Å². The maximum Gasteiger partial charge on any atom is 0.222 e. The Morgan fingerprint density at radius 3 is 2.52 bits per heavy atom. The number of amides is 1. The van der Waals surface area contributed by atoms with Crippen LogP contribution in [0.15, 0.2) is 60.8 Å². The molecule has 0 spiro atoms. The molecule has 2 N–H and O–H groups in total. The minimum absolute atomic E-state index is 0.182. The number of carbonyl (C=O) groups is 1. The fourth-order valence-electron chi connectivity index (χ4n) is 4.06. The second kappa shape index (κ2) is 7.57. The van der Waals surface area contributed by atoms with E-state index in [0.717, 1.165) is 17.5 Å². The fourth-order valence-corrected chi connectivity index (χ4v) is 4.06. The van der Waals surface area contributed by atoms with Crippen LogP contribution in [0.1, 0.15) is 30.4 Å². The molecule has 0 unspecified atom stereocenters. The lowest BCUT2D eigenvalue weighted by atomic mass is 9.85. The normalized spacial score (nSPS) is 16.6. The first kappa shape index (κ1) is 17.8. The maximum atomic E-state index is 12.6. The minimum atomic E-state index is -0.699. The van der Waals surface area contributed by atoms with Crippen LogP contribution in [0.5, 0.6) is 0 Å². The lowest BCUT2D eigenvalue weighted by Crippen LogP contribution is -2.47. The summed E-state index contributed by atoms with van der Waals surface area (Å²) < 4.78 is 0. The average Bonchev–Trinajstić information content (AvgIpc) is 3.10. The van der Waals surface area contributed by atoms with Crippen molar-refractivity contribution in [3.8, 4) is 0 Å². The average molecular weight is 362 g/mol. The Labute approximate surface area is 159 Å². The highest BCUT2D eigenvalue weighted by Crippen LogP contribution is 2.27. The topological polar surface area (TPSA) is 56.3 Å². The Bertz CT molecular complexity index is 908. The number of aryl methyl sites for hydroxylation is 1. The van der Waals surface area contributed by atoms with Crippen molar-refractivity contribution < 1.29 is 9.90 Å². The molecule has 0 radical (unpaired) electrons. The number of carbonyl (C=O) groups excluding carboxylic acids is 1. The van der Waals surface area contributed by atoms with Crippen molar-refractivity contribution in [2.45, 2.75) is 37.7 Å². The van der Waals surface area contributed by atoms with Gasteiger partial charge in [0.1, 0.15) is 0 Å². The van der Waals surface area contributed by atoms with Crippen molar-refractivity contribution in [1.29, 1.82) is 0 Å². The molecule has 4 rings (SSSR count). The van der Waals surface area contributed by atoms with E-state index < -0.39 is 5.60 Å². The Hall–Kier alpha value is -2.59. The van der Waals surface area contributed by atoms with E-state index >= 15 is 0 Å². The molecule has 3 aromatic rings. The van der Waals surface area contributed by atoms with Crippen LogP contribution in [0.2, 0.25) is 0 Å². The molecular formula is C23H26N2O2. The van der Waals surface area contributed by atoms with Gasteiger partial charge in [0.25, 0.3) is 0 Å². The van der Waals surface area contributed by atoms with E-state index in [1.165, 1.54) is 10.9 Å². The van der Waals surface area contributed by atoms with Gasteiger partial charge in [-0.05, 0) is 36.5 Å². The number of para-hydroxylation sites is 1. The van der Waals surface area contributed by atoms with Gasteiger partial charge in [-0.15, -0.1) is 0 Å². The smallest absolute Gasteiger partial charge is 0.222 e. The number of benzene rings is 2. The number of H-pyrrole nitrogens is 1. The number of aliphatic hydroxyl groups is 1. The molecule has 1 aromatic heterocycles. The number of hydrogen-bond acceptors (Lipinski definition) is 2. The highest BCUT2D eigenvalue weighted by Gasteiger charge is 2.33. The number of nitrogens with one attached hydrogen (secondary N) is 1. The quantitative estimate of drug-likeness (QED) is 0.727. The Morgan fingerprint density at radius 2 is 1.74 bits per heavy atom. The van der Waals surface area contributed by atoms with E-state index in [1.807, 2.05) is 41.4 Å². The molecule has 0 bridgehead atoms. The van der Waals surface area contributed by atoms with Gasteiger partial charge >= 0.3 is 0 Å². The Morgan fingerprint density at radius 1 is 1.04 bits per heavy atom. The van der Waals surface area contributed by atoms with E-state index in [4.69, 9.17) is 0 Å². The predicted molar refractivity (Wildman–Crippen MR) is 108 cm³/mol. The Balaban J connectivity index is 1.31. The number of piperidine rings is 1. The summed E-state index contributed by atoms with van der Waals surface area (Å²) in [7, 11) is 0. The number of rotatable bonds is 5. The SMILES string of the molecule is O=C(CCc1c[nH]c2ccccc12)N1CCC(O)(Cc2ccccc2)CC1. The van der Waals surface area contributed by atoms with Gasteiger partial charge in [0, 0.05) is 43.0 Å². The highest BCUT2D eigenvalue weighted by atomic mass is 16.3. The second-order valence-corrected chi connectivity index (χ2v) is 7.63. The number of hydrogen-bond donors (Lipinski definition) is 2. The van der Waals surface area contributed by atoms with Gasteiger partial charge in [0.05, 0.1) is 5.60 Å². The molecule has 0 saturated carbocycles. The maximum absolute atomic E-state index is 12.6. The summed E-state index contributed by atoms with van der Waals surface area (Å²) >= 11 is 0. The predicted octanol–water partition coefficient (Wildman–Crippen LogP) is 3.70.